The Balaban J connectivity index is 2.35. The second-order valence-corrected chi connectivity index (χ2v) is 7.65. The highest BCUT2D eigenvalue weighted by Crippen LogP contribution is 2.38. The molecule has 100 valence electrons. The first kappa shape index (κ1) is 14.0. The summed E-state index contributed by atoms with van der Waals surface area (Å²) in [6, 6.07) is 8.10. The summed E-state index contributed by atoms with van der Waals surface area (Å²) in [5.74, 6) is 1.23. The van der Waals surface area contributed by atoms with Crippen molar-refractivity contribution >= 4 is 11.8 Å². The van der Waals surface area contributed by atoms with Gasteiger partial charge in [-0.05, 0) is 34.8 Å². The van der Waals surface area contributed by atoms with Gasteiger partial charge in [-0.2, -0.15) is 0 Å². The third-order valence-electron chi connectivity index (χ3n) is 3.45. The largest absolute Gasteiger partial charge is 0.308 e. The van der Waals surface area contributed by atoms with E-state index in [1.807, 2.05) is 11.8 Å². The monoisotopic (exact) mass is 263 g/mol. The van der Waals surface area contributed by atoms with Crippen molar-refractivity contribution in [2.75, 3.05) is 5.75 Å². The quantitative estimate of drug-likeness (QED) is 0.842. The second-order valence-electron chi connectivity index (χ2n) is 6.51. The summed E-state index contributed by atoms with van der Waals surface area (Å²) in [6.45, 7) is 11.3. The first-order valence-electron chi connectivity index (χ1n) is 6.91. The second kappa shape index (κ2) is 5.26. The maximum atomic E-state index is 3.70. The Morgan fingerprint density at radius 2 is 2.00 bits per heavy atom. The zero-order chi connectivity index (χ0) is 13.3. The fourth-order valence-corrected chi connectivity index (χ4v) is 3.54. The van der Waals surface area contributed by atoms with Gasteiger partial charge in [0.05, 0.1) is 0 Å². The molecule has 0 aromatic heterocycles. The highest BCUT2D eigenvalue weighted by molar-refractivity contribution is 7.99. The third kappa shape index (κ3) is 3.10. The first-order valence-corrected chi connectivity index (χ1v) is 7.90. The highest BCUT2D eigenvalue weighted by atomic mass is 32.2. The zero-order valence-electron chi connectivity index (χ0n) is 12.2. The molecule has 1 heterocycles. The minimum atomic E-state index is 0.236. The summed E-state index contributed by atoms with van der Waals surface area (Å²) >= 11 is 2.00. The average Bonchev–Trinajstić information content (AvgIpc) is 2.27. The van der Waals surface area contributed by atoms with Gasteiger partial charge in [0.15, 0.2) is 0 Å². The predicted molar refractivity (Wildman–Crippen MR) is 81.5 cm³/mol. The van der Waals surface area contributed by atoms with Crippen molar-refractivity contribution in [3.63, 3.8) is 0 Å². The molecule has 0 amide bonds. The van der Waals surface area contributed by atoms with Crippen LogP contribution in [0.5, 0.6) is 0 Å². The van der Waals surface area contributed by atoms with Gasteiger partial charge < -0.3 is 5.32 Å². The number of nitrogens with one attached hydrogen (secondary N) is 1. The Labute approximate surface area is 116 Å². The van der Waals surface area contributed by atoms with E-state index in [-0.39, 0.29) is 5.41 Å². The van der Waals surface area contributed by atoms with E-state index >= 15 is 0 Å². The Kier molecular flexibility index (Phi) is 4.08. The zero-order valence-corrected chi connectivity index (χ0v) is 13.0. The molecule has 1 aliphatic heterocycles. The molecular weight excluding hydrogens is 238 g/mol. The van der Waals surface area contributed by atoms with E-state index in [1.165, 1.54) is 28.2 Å². The van der Waals surface area contributed by atoms with Crippen LogP contribution in [0.1, 0.15) is 58.2 Å². The minimum absolute atomic E-state index is 0.236. The molecule has 0 saturated carbocycles. The molecule has 1 N–H and O–H groups in total. The SMILES string of the molecule is CC(C)NC1CCSc2ccc(C(C)(C)C)cc21. The Morgan fingerprint density at radius 3 is 2.61 bits per heavy atom. The van der Waals surface area contributed by atoms with Crippen molar-refractivity contribution in [3.05, 3.63) is 29.3 Å². The van der Waals surface area contributed by atoms with Gasteiger partial charge in [0, 0.05) is 17.0 Å². The molecule has 0 saturated heterocycles. The van der Waals surface area contributed by atoms with Crippen molar-refractivity contribution < 1.29 is 0 Å². The summed E-state index contributed by atoms with van der Waals surface area (Å²) in [5, 5.41) is 3.70. The number of thioether (sulfide) groups is 1. The topological polar surface area (TPSA) is 12.0 Å². The lowest BCUT2D eigenvalue weighted by atomic mass is 9.85. The standard InChI is InChI=1S/C16H25NS/c1-11(2)17-14-8-9-18-15-7-6-12(10-13(14)15)16(3,4)5/h6-7,10-11,14,17H,8-9H2,1-5H3. The first-order chi connectivity index (χ1) is 8.38. The van der Waals surface area contributed by atoms with E-state index < -0.39 is 0 Å². The van der Waals surface area contributed by atoms with E-state index in [1.54, 1.807) is 0 Å². The summed E-state index contributed by atoms with van der Waals surface area (Å²) in [7, 11) is 0. The smallest absolute Gasteiger partial charge is 0.0341 e. The van der Waals surface area contributed by atoms with Crippen LogP contribution < -0.4 is 5.32 Å². The van der Waals surface area contributed by atoms with E-state index in [2.05, 4.69) is 58.1 Å². The van der Waals surface area contributed by atoms with Gasteiger partial charge in [-0.25, -0.2) is 0 Å². The molecule has 0 aliphatic carbocycles. The van der Waals surface area contributed by atoms with Gasteiger partial charge >= 0.3 is 0 Å². The molecule has 0 bridgehead atoms. The summed E-state index contributed by atoms with van der Waals surface area (Å²) in [4.78, 5) is 1.47. The Hall–Kier alpha value is -0.470. The van der Waals surface area contributed by atoms with Crippen LogP contribution >= 0.6 is 11.8 Å². The lowest BCUT2D eigenvalue weighted by Gasteiger charge is -2.30. The average molecular weight is 263 g/mol. The molecule has 1 atom stereocenters. The molecule has 1 aromatic rings. The van der Waals surface area contributed by atoms with E-state index in [9.17, 15) is 0 Å². The van der Waals surface area contributed by atoms with Crippen LogP contribution in [0.15, 0.2) is 23.1 Å². The van der Waals surface area contributed by atoms with Gasteiger partial charge in [0.1, 0.15) is 0 Å². The fraction of sp³-hybridized carbons (Fsp3) is 0.625. The summed E-state index contributed by atoms with van der Waals surface area (Å²) < 4.78 is 0. The highest BCUT2D eigenvalue weighted by Gasteiger charge is 2.23. The maximum absolute atomic E-state index is 3.70. The molecule has 1 aliphatic rings. The lowest BCUT2D eigenvalue weighted by Crippen LogP contribution is -2.30. The lowest BCUT2D eigenvalue weighted by molar-refractivity contribution is 0.458. The molecule has 2 rings (SSSR count). The molecule has 0 spiro atoms. The van der Waals surface area contributed by atoms with Crippen molar-refractivity contribution in [1.82, 2.24) is 5.32 Å². The van der Waals surface area contributed by atoms with Gasteiger partial charge in [0.25, 0.3) is 0 Å². The molecule has 18 heavy (non-hydrogen) atoms. The maximum Gasteiger partial charge on any atom is 0.0341 e. The number of fused-ring (bicyclic) bond motifs is 1. The van der Waals surface area contributed by atoms with Crippen molar-refractivity contribution in [3.8, 4) is 0 Å². The van der Waals surface area contributed by atoms with Crippen LogP contribution in [-0.4, -0.2) is 11.8 Å². The van der Waals surface area contributed by atoms with Gasteiger partial charge in [-0.15, -0.1) is 11.8 Å². The van der Waals surface area contributed by atoms with Crippen molar-refractivity contribution in [2.24, 2.45) is 0 Å². The number of benzene rings is 1. The predicted octanol–water partition coefficient (Wildman–Crippen LogP) is 4.52. The Morgan fingerprint density at radius 1 is 1.28 bits per heavy atom. The van der Waals surface area contributed by atoms with Crippen LogP contribution in [0.4, 0.5) is 0 Å². The number of rotatable bonds is 2. The van der Waals surface area contributed by atoms with Crippen molar-refractivity contribution in [1.29, 1.82) is 0 Å². The van der Waals surface area contributed by atoms with Crippen molar-refractivity contribution in [2.45, 2.75) is 63.4 Å². The van der Waals surface area contributed by atoms with Crippen LogP contribution in [0, 0.1) is 0 Å². The van der Waals surface area contributed by atoms with Crippen LogP contribution in [0.2, 0.25) is 0 Å². The molecular formula is C16H25NS. The molecule has 0 fully saturated rings. The van der Waals surface area contributed by atoms with E-state index in [4.69, 9.17) is 0 Å². The molecule has 1 nitrogen and oxygen atoms in total. The Bertz CT molecular complexity index is 418. The van der Waals surface area contributed by atoms with E-state index in [0.717, 1.165) is 0 Å². The number of hydrogen-bond acceptors (Lipinski definition) is 2. The van der Waals surface area contributed by atoms with Gasteiger partial charge in [-0.3, -0.25) is 0 Å². The molecule has 1 unspecified atom stereocenters. The van der Waals surface area contributed by atoms with Crippen LogP contribution in [0.25, 0.3) is 0 Å². The molecule has 2 heteroatoms. The third-order valence-corrected chi connectivity index (χ3v) is 4.57. The van der Waals surface area contributed by atoms with Crippen LogP contribution in [0.3, 0.4) is 0 Å². The normalized spacial score (nSPS) is 20.0. The van der Waals surface area contributed by atoms with Gasteiger partial charge in [0.2, 0.25) is 0 Å². The summed E-state index contributed by atoms with van der Waals surface area (Å²) in [6.07, 6.45) is 1.24. The molecule has 1 aromatic carbocycles. The van der Waals surface area contributed by atoms with Crippen LogP contribution in [-0.2, 0) is 5.41 Å². The van der Waals surface area contributed by atoms with E-state index in [0.29, 0.717) is 12.1 Å². The number of hydrogen-bond donors (Lipinski definition) is 1. The minimum Gasteiger partial charge on any atom is -0.308 e. The molecule has 0 radical (unpaired) electrons. The van der Waals surface area contributed by atoms with Gasteiger partial charge in [-0.1, -0.05) is 46.8 Å². The fourth-order valence-electron chi connectivity index (χ4n) is 2.44. The summed E-state index contributed by atoms with van der Waals surface area (Å²) in [5.41, 5.74) is 3.19.